The maximum Gasteiger partial charge on any atom is 0.414 e. The van der Waals surface area contributed by atoms with Crippen molar-refractivity contribution < 1.29 is 9.53 Å². The fourth-order valence-electron chi connectivity index (χ4n) is 0.999. The van der Waals surface area contributed by atoms with Gasteiger partial charge in [0.1, 0.15) is 5.75 Å². The zero-order valence-corrected chi connectivity index (χ0v) is 9.52. The standard InChI is InChI=1S/C11H16N2O2/c1-8(2)10-7-9(5-6-12-10)15-11(14)13(3)4/h5-8H,1-4H3. The topological polar surface area (TPSA) is 42.4 Å². The summed E-state index contributed by atoms with van der Waals surface area (Å²) in [4.78, 5) is 16.8. The lowest BCUT2D eigenvalue weighted by Gasteiger charge is -2.11. The molecule has 0 aliphatic rings. The summed E-state index contributed by atoms with van der Waals surface area (Å²) < 4.78 is 5.11. The molecule has 4 heteroatoms. The van der Waals surface area contributed by atoms with Crippen LogP contribution < -0.4 is 4.74 Å². The van der Waals surface area contributed by atoms with Crippen molar-refractivity contribution in [3.8, 4) is 5.75 Å². The van der Waals surface area contributed by atoms with Crippen LogP contribution in [0.4, 0.5) is 4.79 Å². The molecule has 0 unspecified atom stereocenters. The summed E-state index contributed by atoms with van der Waals surface area (Å²) in [6.45, 7) is 4.08. The zero-order valence-electron chi connectivity index (χ0n) is 9.52. The monoisotopic (exact) mass is 208 g/mol. The summed E-state index contributed by atoms with van der Waals surface area (Å²) >= 11 is 0. The van der Waals surface area contributed by atoms with Gasteiger partial charge in [-0.05, 0) is 12.0 Å². The van der Waals surface area contributed by atoms with Crippen LogP contribution in [0.3, 0.4) is 0 Å². The maximum atomic E-state index is 11.3. The normalized spacial score (nSPS) is 10.2. The molecule has 15 heavy (non-hydrogen) atoms. The number of hydrogen-bond acceptors (Lipinski definition) is 3. The Bertz CT molecular complexity index is 348. The predicted octanol–water partition coefficient (Wildman–Crippen LogP) is 2.27. The third-order valence-electron chi connectivity index (χ3n) is 1.91. The van der Waals surface area contributed by atoms with Crippen molar-refractivity contribution in [1.82, 2.24) is 9.88 Å². The highest BCUT2D eigenvalue weighted by Crippen LogP contribution is 2.17. The molecule has 4 nitrogen and oxygen atoms in total. The van der Waals surface area contributed by atoms with Crippen LogP contribution in [0.5, 0.6) is 5.75 Å². The van der Waals surface area contributed by atoms with Crippen LogP contribution in [-0.4, -0.2) is 30.1 Å². The second kappa shape index (κ2) is 4.77. The van der Waals surface area contributed by atoms with E-state index in [2.05, 4.69) is 4.98 Å². The van der Waals surface area contributed by atoms with Gasteiger partial charge in [0, 0.05) is 32.1 Å². The molecule has 0 aromatic carbocycles. The minimum Gasteiger partial charge on any atom is -0.410 e. The van der Waals surface area contributed by atoms with Gasteiger partial charge in [0.15, 0.2) is 0 Å². The molecule has 0 bridgehead atoms. The summed E-state index contributed by atoms with van der Waals surface area (Å²) in [5.74, 6) is 0.857. The number of aromatic nitrogens is 1. The Labute approximate surface area is 89.9 Å². The number of ether oxygens (including phenoxy) is 1. The van der Waals surface area contributed by atoms with Crippen LogP contribution in [-0.2, 0) is 0 Å². The van der Waals surface area contributed by atoms with Crippen molar-refractivity contribution in [2.45, 2.75) is 19.8 Å². The van der Waals surface area contributed by atoms with Gasteiger partial charge in [0.25, 0.3) is 0 Å². The molecule has 0 atom stereocenters. The van der Waals surface area contributed by atoms with Gasteiger partial charge in [-0.15, -0.1) is 0 Å². The molecule has 0 N–H and O–H groups in total. The van der Waals surface area contributed by atoms with E-state index in [0.717, 1.165) is 5.69 Å². The predicted molar refractivity (Wildman–Crippen MR) is 58.0 cm³/mol. The van der Waals surface area contributed by atoms with Crippen LogP contribution in [0.1, 0.15) is 25.5 Å². The third-order valence-corrected chi connectivity index (χ3v) is 1.91. The molecule has 0 saturated carbocycles. The second-order valence-corrected chi connectivity index (χ2v) is 3.83. The first-order valence-electron chi connectivity index (χ1n) is 4.85. The number of rotatable bonds is 2. The van der Waals surface area contributed by atoms with Gasteiger partial charge in [0.05, 0.1) is 0 Å². The maximum absolute atomic E-state index is 11.3. The quantitative estimate of drug-likeness (QED) is 0.748. The first-order valence-corrected chi connectivity index (χ1v) is 4.85. The smallest absolute Gasteiger partial charge is 0.410 e. The van der Waals surface area contributed by atoms with Crippen molar-refractivity contribution in [1.29, 1.82) is 0 Å². The third kappa shape index (κ3) is 3.23. The van der Waals surface area contributed by atoms with E-state index < -0.39 is 0 Å². The molecule has 0 aliphatic carbocycles. The Kier molecular flexibility index (Phi) is 3.66. The molecular weight excluding hydrogens is 192 g/mol. The van der Waals surface area contributed by atoms with Gasteiger partial charge in [-0.1, -0.05) is 13.8 Å². The lowest BCUT2D eigenvalue weighted by molar-refractivity contribution is 0.172. The number of pyridine rings is 1. The highest BCUT2D eigenvalue weighted by atomic mass is 16.6. The molecule has 1 aromatic rings. The van der Waals surface area contributed by atoms with E-state index in [9.17, 15) is 4.79 Å². The number of nitrogens with zero attached hydrogens (tertiary/aromatic N) is 2. The second-order valence-electron chi connectivity index (χ2n) is 3.83. The molecule has 0 saturated heterocycles. The largest absolute Gasteiger partial charge is 0.414 e. The summed E-state index contributed by atoms with van der Waals surface area (Å²) in [7, 11) is 3.29. The van der Waals surface area contributed by atoms with E-state index in [1.165, 1.54) is 4.90 Å². The van der Waals surface area contributed by atoms with Crippen molar-refractivity contribution in [3.63, 3.8) is 0 Å². The fraction of sp³-hybridized carbons (Fsp3) is 0.455. The zero-order chi connectivity index (χ0) is 11.4. The number of carbonyl (C=O) groups is 1. The summed E-state index contributed by atoms with van der Waals surface area (Å²) in [6, 6.07) is 3.46. The van der Waals surface area contributed by atoms with Crippen LogP contribution in [0, 0.1) is 0 Å². The molecular formula is C11H16N2O2. The number of carbonyl (C=O) groups excluding carboxylic acids is 1. The van der Waals surface area contributed by atoms with E-state index in [-0.39, 0.29) is 6.09 Å². The van der Waals surface area contributed by atoms with Crippen LogP contribution >= 0.6 is 0 Å². The molecule has 0 spiro atoms. The molecule has 1 aromatic heterocycles. The molecule has 0 radical (unpaired) electrons. The first-order chi connectivity index (χ1) is 7.00. The highest BCUT2D eigenvalue weighted by Gasteiger charge is 2.08. The van der Waals surface area contributed by atoms with E-state index in [0.29, 0.717) is 11.7 Å². The molecule has 1 heterocycles. The van der Waals surface area contributed by atoms with E-state index >= 15 is 0 Å². The lowest BCUT2D eigenvalue weighted by atomic mass is 10.1. The van der Waals surface area contributed by atoms with Crippen LogP contribution in [0.2, 0.25) is 0 Å². The van der Waals surface area contributed by atoms with Gasteiger partial charge < -0.3 is 9.64 Å². The Morgan fingerprint density at radius 2 is 2.13 bits per heavy atom. The summed E-state index contributed by atoms with van der Waals surface area (Å²) in [6.07, 6.45) is 1.27. The van der Waals surface area contributed by atoms with Gasteiger partial charge >= 0.3 is 6.09 Å². The Hall–Kier alpha value is -1.58. The molecule has 1 rings (SSSR count). The van der Waals surface area contributed by atoms with Crippen molar-refractivity contribution in [3.05, 3.63) is 24.0 Å². The van der Waals surface area contributed by atoms with E-state index in [4.69, 9.17) is 4.74 Å². The van der Waals surface area contributed by atoms with E-state index in [1.54, 1.807) is 32.4 Å². The first kappa shape index (κ1) is 11.5. The molecule has 82 valence electrons. The summed E-state index contributed by atoms with van der Waals surface area (Å²) in [5, 5.41) is 0. The Morgan fingerprint density at radius 1 is 1.47 bits per heavy atom. The Balaban J connectivity index is 2.78. The van der Waals surface area contributed by atoms with Crippen molar-refractivity contribution in [2.75, 3.05) is 14.1 Å². The number of amides is 1. The van der Waals surface area contributed by atoms with Gasteiger partial charge in [-0.25, -0.2) is 4.79 Å². The molecule has 1 amide bonds. The van der Waals surface area contributed by atoms with Gasteiger partial charge in [0.2, 0.25) is 0 Å². The van der Waals surface area contributed by atoms with Crippen LogP contribution in [0.25, 0.3) is 0 Å². The van der Waals surface area contributed by atoms with Gasteiger partial charge in [-0.2, -0.15) is 0 Å². The Morgan fingerprint density at radius 3 is 2.67 bits per heavy atom. The van der Waals surface area contributed by atoms with Crippen molar-refractivity contribution in [2.24, 2.45) is 0 Å². The average Bonchev–Trinajstić information content (AvgIpc) is 2.18. The average molecular weight is 208 g/mol. The molecule has 0 fully saturated rings. The minimum absolute atomic E-state index is 0.322. The highest BCUT2D eigenvalue weighted by molar-refractivity contribution is 5.69. The fourth-order valence-corrected chi connectivity index (χ4v) is 0.999. The summed E-state index contributed by atoms with van der Waals surface area (Å²) in [5.41, 5.74) is 0.916. The lowest BCUT2D eigenvalue weighted by Crippen LogP contribution is -2.25. The van der Waals surface area contributed by atoms with Crippen LogP contribution in [0.15, 0.2) is 18.3 Å². The SMILES string of the molecule is CC(C)c1cc(OC(=O)N(C)C)ccn1. The number of hydrogen-bond donors (Lipinski definition) is 0. The molecule has 0 aliphatic heterocycles. The van der Waals surface area contributed by atoms with Crippen molar-refractivity contribution >= 4 is 6.09 Å². The van der Waals surface area contributed by atoms with E-state index in [1.807, 2.05) is 13.8 Å². The minimum atomic E-state index is -0.379. The van der Waals surface area contributed by atoms with Gasteiger partial charge in [-0.3, -0.25) is 4.98 Å².